The van der Waals surface area contributed by atoms with Crippen LogP contribution in [0.3, 0.4) is 0 Å². The minimum Gasteiger partial charge on any atom is -0.481 e. The van der Waals surface area contributed by atoms with Crippen LogP contribution < -0.4 is 15.4 Å². The lowest BCUT2D eigenvalue weighted by molar-refractivity contribution is -0.142. The monoisotopic (exact) mass is 371 g/mol. The van der Waals surface area contributed by atoms with E-state index in [4.69, 9.17) is 9.47 Å². The average Bonchev–Trinajstić information content (AvgIpc) is 2.67. The molecule has 1 heterocycles. The summed E-state index contributed by atoms with van der Waals surface area (Å²) in [6, 6.07) is 9.03. The highest BCUT2D eigenvalue weighted by atomic mass is 16.5. The van der Waals surface area contributed by atoms with Crippen LogP contribution in [0.2, 0.25) is 0 Å². The molecule has 2 amide bonds. The normalized spacial score (nSPS) is 11.2. The first kappa shape index (κ1) is 19.9. The number of hydrogen-bond acceptors (Lipinski definition) is 6. The van der Waals surface area contributed by atoms with Gasteiger partial charge >= 0.3 is 5.97 Å². The number of carbonyl (C=O) groups excluding carboxylic acids is 3. The molecule has 1 aromatic carbocycles. The van der Waals surface area contributed by atoms with Gasteiger partial charge in [-0.15, -0.1) is 0 Å². The molecule has 27 heavy (non-hydrogen) atoms. The lowest BCUT2D eigenvalue weighted by atomic mass is 10.1. The summed E-state index contributed by atoms with van der Waals surface area (Å²) in [5.74, 6) is -0.946. The number of ether oxygens (including phenoxy) is 2. The lowest BCUT2D eigenvalue weighted by Crippen LogP contribution is -2.43. The predicted molar refractivity (Wildman–Crippen MR) is 98.5 cm³/mol. The molecule has 1 atom stereocenters. The second-order valence-electron chi connectivity index (χ2n) is 5.69. The molecule has 0 aliphatic carbocycles. The van der Waals surface area contributed by atoms with E-state index in [2.05, 4.69) is 15.6 Å². The standard InChI is InChI=1S/C19H21N3O5/c1-12(23)21-15-7-5-4-6-14(15)18(24)22-16(19(25)27-3)10-13-8-9-17(26-2)20-11-13/h4-9,11,16H,10H2,1-3H3,(H,21,23)(H,22,24)/t16-/m1/s1. The molecule has 2 rings (SSSR count). The number of pyridine rings is 1. The van der Waals surface area contributed by atoms with E-state index in [0.29, 0.717) is 11.6 Å². The van der Waals surface area contributed by atoms with Crippen molar-refractivity contribution in [3.63, 3.8) is 0 Å². The Morgan fingerprint density at radius 3 is 2.44 bits per heavy atom. The zero-order valence-electron chi connectivity index (χ0n) is 15.3. The van der Waals surface area contributed by atoms with E-state index in [9.17, 15) is 14.4 Å². The van der Waals surface area contributed by atoms with Crippen molar-refractivity contribution in [3.05, 3.63) is 53.7 Å². The van der Waals surface area contributed by atoms with Crippen molar-refractivity contribution in [3.8, 4) is 5.88 Å². The Morgan fingerprint density at radius 2 is 1.85 bits per heavy atom. The summed E-state index contributed by atoms with van der Waals surface area (Å²) < 4.78 is 9.80. The van der Waals surface area contributed by atoms with E-state index in [1.807, 2.05) is 0 Å². The Labute approximate surface area is 156 Å². The van der Waals surface area contributed by atoms with Crippen LogP contribution >= 0.6 is 0 Å². The van der Waals surface area contributed by atoms with Gasteiger partial charge < -0.3 is 20.1 Å². The van der Waals surface area contributed by atoms with Crippen molar-refractivity contribution in [2.45, 2.75) is 19.4 Å². The van der Waals surface area contributed by atoms with Gasteiger partial charge in [-0.2, -0.15) is 0 Å². The van der Waals surface area contributed by atoms with Crippen molar-refractivity contribution >= 4 is 23.5 Å². The Morgan fingerprint density at radius 1 is 1.11 bits per heavy atom. The third-order valence-electron chi connectivity index (χ3n) is 3.72. The molecule has 0 unspecified atom stereocenters. The van der Waals surface area contributed by atoms with E-state index >= 15 is 0 Å². The maximum atomic E-state index is 12.7. The maximum absolute atomic E-state index is 12.7. The van der Waals surface area contributed by atoms with Crippen LogP contribution in [0, 0.1) is 0 Å². The van der Waals surface area contributed by atoms with Gasteiger partial charge in [0.25, 0.3) is 5.91 Å². The number of aromatic nitrogens is 1. The molecule has 8 nitrogen and oxygen atoms in total. The largest absolute Gasteiger partial charge is 0.481 e. The second-order valence-corrected chi connectivity index (χ2v) is 5.69. The lowest BCUT2D eigenvalue weighted by Gasteiger charge is -2.18. The summed E-state index contributed by atoms with van der Waals surface area (Å²) in [5.41, 5.74) is 1.33. The van der Waals surface area contributed by atoms with Crippen LogP contribution in [0.15, 0.2) is 42.6 Å². The molecule has 0 radical (unpaired) electrons. The van der Waals surface area contributed by atoms with Crippen LogP contribution in [0.5, 0.6) is 5.88 Å². The van der Waals surface area contributed by atoms with E-state index in [1.165, 1.54) is 21.1 Å². The zero-order chi connectivity index (χ0) is 19.8. The third kappa shape index (κ3) is 5.53. The maximum Gasteiger partial charge on any atom is 0.328 e. The fraction of sp³-hybridized carbons (Fsp3) is 0.263. The van der Waals surface area contributed by atoms with Crippen LogP contribution in [0.1, 0.15) is 22.8 Å². The Bertz CT molecular complexity index is 820. The number of para-hydroxylation sites is 1. The molecule has 2 aromatic rings. The fourth-order valence-electron chi connectivity index (χ4n) is 2.44. The van der Waals surface area contributed by atoms with E-state index < -0.39 is 17.9 Å². The molecule has 1 aromatic heterocycles. The number of nitrogens with one attached hydrogen (secondary N) is 2. The van der Waals surface area contributed by atoms with Gasteiger partial charge in [-0.05, 0) is 17.7 Å². The second kappa shape index (κ2) is 9.33. The summed E-state index contributed by atoms with van der Waals surface area (Å²) in [5, 5.41) is 5.24. The van der Waals surface area contributed by atoms with Crippen LogP contribution in [-0.4, -0.2) is 43.0 Å². The molecular formula is C19H21N3O5. The van der Waals surface area contributed by atoms with Gasteiger partial charge in [0.15, 0.2) is 0 Å². The van der Waals surface area contributed by atoms with Crippen LogP contribution in [0.25, 0.3) is 0 Å². The number of anilines is 1. The highest BCUT2D eigenvalue weighted by Gasteiger charge is 2.24. The van der Waals surface area contributed by atoms with Crippen molar-refractivity contribution in [1.82, 2.24) is 10.3 Å². The highest BCUT2D eigenvalue weighted by molar-refractivity contribution is 6.04. The van der Waals surface area contributed by atoms with Crippen molar-refractivity contribution in [2.75, 3.05) is 19.5 Å². The summed E-state index contributed by atoms with van der Waals surface area (Å²) in [6.07, 6.45) is 1.75. The van der Waals surface area contributed by atoms with Gasteiger partial charge in [0.05, 0.1) is 25.5 Å². The van der Waals surface area contributed by atoms with Gasteiger partial charge in [0, 0.05) is 25.6 Å². The van der Waals surface area contributed by atoms with E-state index in [-0.39, 0.29) is 17.9 Å². The molecule has 0 spiro atoms. The predicted octanol–water partition coefficient (Wildman–Crippen LogP) is 1.56. The first-order valence-electron chi connectivity index (χ1n) is 8.18. The quantitative estimate of drug-likeness (QED) is 0.716. The summed E-state index contributed by atoms with van der Waals surface area (Å²) in [7, 11) is 2.75. The number of nitrogens with zero attached hydrogens (tertiary/aromatic N) is 1. The van der Waals surface area contributed by atoms with Gasteiger partial charge in [-0.3, -0.25) is 9.59 Å². The third-order valence-corrected chi connectivity index (χ3v) is 3.72. The average molecular weight is 371 g/mol. The van der Waals surface area contributed by atoms with Gasteiger partial charge in [-0.1, -0.05) is 18.2 Å². The van der Waals surface area contributed by atoms with Gasteiger partial charge in [0.2, 0.25) is 11.8 Å². The Hall–Kier alpha value is -3.42. The summed E-state index contributed by atoms with van der Waals surface area (Å²) in [4.78, 5) is 40.2. The van der Waals surface area contributed by atoms with Gasteiger partial charge in [-0.25, -0.2) is 9.78 Å². The Balaban J connectivity index is 2.19. The highest BCUT2D eigenvalue weighted by Crippen LogP contribution is 2.16. The van der Waals surface area contributed by atoms with Crippen LogP contribution in [-0.2, 0) is 20.7 Å². The molecule has 0 saturated heterocycles. The molecule has 0 saturated carbocycles. The van der Waals surface area contributed by atoms with E-state index in [0.717, 1.165) is 5.56 Å². The molecular weight excluding hydrogens is 350 g/mol. The van der Waals surface area contributed by atoms with E-state index in [1.54, 1.807) is 42.6 Å². The topological polar surface area (TPSA) is 107 Å². The summed E-state index contributed by atoms with van der Waals surface area (Å²) >= 11 is 0. The first-order valence-corrected chi connectivity index (χ1v) is 8.18. The number of carbonyl (C=O) groups is 3. The van der Waals surface area contributed by atoms with Crippen molar-refractivity contribution in [1.29, 1.82) is 0 Å². The summed E-state index contributed by atoms with van der Waals surface area (Å²) in [6.45, 7) is 1.35. The molecule has 0 bridgehead atoms. The number of benzene rings is 1. The molecule has 142 valence electrons. The number of rotatable bonds is 7. The van der Waals surface area contributed by atoms with Crippen molar-refractivity contribution in [2.24, 2.45) is 0 Å². The molecule has 0 aliphatic rings. The SMILES string of the molecule is COC(=O)[C@@H](Cc1ccc(OC)nc1)NC(=O)c1ccccc1NC(C)=O. The molecule has 0 fully saturated rings. The number of esters is 1. The number of hydrogen-bond donors (Lipinski definition) is 2. The van der Waals surface area contributed by atoms with Crippen molar-refractivity contribution < 1.29 is 23.9 Å². The van der Waals surface area contributed by atoms with Gasteiger partial charge in [0.1, 0.15) is 6.04 Å². The first-order chi connectivity index (χ1) is 12.9. The zero-order valence-corrected chi connectivity index (χ0v) is 15.3. The molecule has 8 heteroatoms. The molecule has 2 N–H and O–H groups in total. The Kier molecular flexibility index (Phi) is 6.87. The molecule has 0 aliphatic heterocycles. The number of amides is 2. The van der Waals surface area contributed by atoms with Crippen LogP contribution in [0.4, 0.5) is 5.69 Å². The fourth-order valence-corrected chi connectivity index (χ4v) is 2.44. The number of methoxy groups -OCH3 is 2. The minimum atomic E-state index is -0.914. The smallest absolute Gasteiger partial charge is 0.328 e. The minimum absolute atomic E-state index is 0.192.